The van der Waals surface area contributed by atoms with Crippen molar-refractivity contribution in [2.45, 2.75) is 90.1 Å². The van der Waals surface area contributed by atoms with Crippen molar-refractivity contribution >= 4 is 23.4 Å². The molecule has 2 saturated heterocycles. The number of nitrogens with one attached hydrogen (secondary N) is 2. The molecule has 0 unspecified atom stereocenters. The molecule has 5 rings (SSSR count). The van der Waals surface area contributed by atoms with Gasteiger partial charge in [-0.1, -0.05) is 44.9 Å². The molecule has 4 N–H and O–H groups in total. The number of benzene rings is 2. The Hall–Kier alpha value is -3.71. The SMILES string of the molecule is COc1c(CN2O[C@@H](CO)[C@@H]([C@H](C)O)[C@H]2C(=O)N[C@H]2CCC[C@H](C)[C@@H]2C)cccc1-c1cc(C(=O)NCCCN2CCCC2=O)cc(N(C)C)c1. The third kappa shape index (κ3) is 8.85. The highest BCUT2D eigenvalue weighted by atomic mass is 16.7. The van der Waals surface area contributed by atoms with Crippen molar-refractivity contribution in [3.05, 3.63) is 47.5 Å². The molecule has 0 bridgehead atoms. The van der Waals surface area contributed by atoms with Gasteiger partial charge in [0, 0.05) is 74.5 Å². The smallest absolute Gasteiger partial charge is 0.251 e. The fraction of sp³-hybridized carbons (Fsp3) is 0.615. The van der Waals surface area contributed by atoms with E-state index in [1.54, 1.807) is 19.1 Å². The van der Waals surface area contributed by atoms with Gasteiger partial charge in [-0.2, -0.15) is 5.06 Å². The largest absolute Gasteiger partial charge is 0.496 e. The molecule has 51 heavy (non-hydrogen) atoms. The van der Waals surface area contributed by atoms with E-state index < -0.39 is 24.2 Å². The fourth-order valence-corrected chi connectivity index (χ4v) is 7.95. The number of hydrogen-bond donors (Lipinski definition) is 4. The topological polar surface area (TPSA) is 144 Å². The molecule has 1 aliphatic carbocycles. The first-order chi connectivity index (χ1) is 24.4. The van der Waals surface area contributed by atoms with Gasteiger partial charge >= 0.3 is 0 Å². The lowest BCUT2D eigenvalue weighted by Gasteiger charge is -2.36. The number of nitrogens with zero attached hydrogens (tertiary/aromatic N) is 3. The Bertz CT molecular complexity index is 1530. The predicted octanol–water partition coefficient (Wildman–Crippen LogP) is 3.59. The first-order valence-electron chi connectivity index (χ1n) is 18.5. The van der Waals surface area contributed by atoms with E-state index in [1.807, 2.05) is 60.3 Å². The Labute approximate surface area is 302 Å². The van der Waals surface area contributed by atoms with Crippen LogP contribution >= 0.6 is 0 Å². The highest BCUT2D eigenvalue weighted by Crippen LogP contribution is 2.39. The molecule has 1 saturated carbocycles. The average Bonchev–Trinajstić information content (AvgIpc) is 3.70. The average molecular weight is 708 g/mol. The van der Waals surface area contributed by atoms with Crippen molar-refractivity contribution < 1.29 is 34.2 Å². The molecule has 2 aromatic rings. The lowest BCUT2D eigenvalue weighted by Crippen LogP contribution is -2.53. The first kappa shape index (κ1) is 38.5. The van der Waals surface area contributed by atoms with Gasteiger partial charge in [0.2, 0.25) is 11.8 Å². The molecule has 280 valence electrons. The molecule has 3 amide bonds. The third-order valence-electron chi connectivity index (χ3n) is 11.1. The molecule has 0 spiro atoms. The van der Waals surface area contributed by atoms with Crippen molar-refractivity contribution in [2.75, 3.05) is 52.3 Å². The summed E-state index contributed by atoms with van der Waals surface area (Å²) in [7, 11) is 5.43. The Balaban J connectivity index is 1.39. The van der Waals surface area contributed by atoms with Gasteiger partial charge in [-0.25, -0.2) is 0 Å². The van der Waals surface area contributed by atoms with Gasteiger partial charge in [-0.3, -0.25) is 19.2 Å². The lowest BCUT2D eigenvalue weighted by molar-refractivity contribution is -0.182. The van der Waals surface area contributed by atoms with Crippen LogP contribution in [0.4, 0.5) is 5.69 Å². The van der Waals surface area contributed by atoms with Gasteiger partial charge in [0.1, 0.15) is 17.9 Å². The van der Waals surface area contributed by atoms with E-state index >= 15 is 0 Å². The molecule has 2 aliphatic heterocycles. The van der Waals surface area contributed by atoms with E-state index in [9.17, 15) is 24.6 Å². The van der Waals surface area contributed by atoms with Crippen LogP contribution in [0.15, 0.2) is 36.4 Å². The van der Waals surface area contributed by atoms with Crippen LogP contribution in [0.5, 0.6) is 5.75 Å². The summed E-state index contributed by atoms with van der Waals surface area (Å²) in [4.78, 5) is 49.4. The van der Waals surface area contributed by atoms with Gasteiger partial charge in [-0.15, -0.1) is 0 Å². The molecular formula is C39H57N5O7. The zero-order valence-electron chi connectivity index (χ0n) is 31.1. The number of para-hydroxylation sites is 1. The van der Waals surface area contributed by atoms with Crippen molar-refractivity contribution in [1.29, 1.82) is 0 Å². The fourth-order valence-electron chi connectivity index (χ4n) is 7.95. The first-order valence-corrected chi connectivity index (χ1v) is 18.5. The number of amides is 3. The monoisotopic (exact) mass is 707 g/mol. The molecule has 3 aliphatic rings. The second-order valence-electron chi connectivity index (χ2n) is 14.8. The normalized spacial score (nSPS) is 25.9. The Kier molecular flexibility index (Phi) is 13.0. The van der Waals surface area contributed by atoms with E-state index in [1.165, 1.54) is 0 Å². The summed E-state index contributed by atoms with van der Waals surface area (Å²) in [5.74, 6) is 0.481. The maximum atomic E-state index is 14.0. The minimum atomic E-state index is -0.903. The van der Waals surface area contributed by atoms with Gasteiger partial charge in [-0.05, 0) is 61.8 Å². The van der Waals surface area contributed by atoms with Gasteiger partial charge in [0.15, 0.2) is 0 Å². The number of carbonyl (C=O) groups excluding carboxylic acids is 3. The number of hydrogen-bond acceptors (Lipinski definition) is 9. The number of carbonyl (C=O) groups is 3. The predicted molar refractivity (Wildman–Crippen MR) is 196 cm³/mol. The van der Waals surface area contributed by atoms with Crippen LogP contribution in [0.1, 0.15) is 75.2 Å². The van der Waals surface area contributed by atoms with Crippen LogP contribution in [-0.2, 0) is 21.0 Å². The standard InChI is InChI=1S/C39H57N5O7/c1-24-11-7-14-32(25(24)2)41-39(49)36-35(26(3)46)33(23-45)51-44(36)22-27-12-8-13-31(37(27)50-6)28-19-29(21-30(20-28)42(4)5)38(48)40-16-10-18-43-17-9-15-34(43)47/h8,12-13,19-21,24-26,32-33,35-36,45-46H,7,9-11,14-18,22-23H2,1-6H3,(H,40,48)(H,41,49)/t24-,25-,26-,32-,33-,35+,36-/m0/s1. The Morgan fingerprint density at radius 1 is 1.14 bits per heavy atom. The summed E-state index contributed by atoms with van der Waals surface area (Å²) in [6, 6.07) is 10.6. The zero-order chi connectivity index (χ0) is 36.8. The van der Waals surface area contributed by atoms with Crippen LogP contribution < -0.4 is 20.3 Å². The summed E-state index contributed by atoms with van der Waals surface area (Å²) in [5.41, 5.74) is 3.62. The van der Waals surface area contributed by atoms with E-state index in [0.717, 1.165) is 54.6 Å². The van der Waals surface area contributed by atoms with Gasteiger partial charge in [0.05, 0.1) is 26.4 Å². The number of aliphatic hydroxyl groups excluding tert-OH is 2. The van der Waals surface area contributed by atoms with E-state index in [0.29, 0.717) is 49.1 Å². The number of rotatable bonds is 14. The minimum absolute atomic E-state index is 0.0217. The van der Waals surface area contributed by atoms with E-state index in [-0.39, 0.29) is 36.9 Å². The molecule has 0 radical (unpaired) electrons. The molecule has 2 heterocycles. The summed E-state index contributed by atoms with van der Waals surface area (Å²) in [6.07, 6.45) is 3.59. The van der Waals surface area contributed by atoms with Crippen LogP contribution in [-0.4, -0.2) is 110 Å². The Morgan fingerprint density at radius 2 is 1.92 bits per heavy atom. The lowest BCUT2D eigenvalue weighted by atomic mass is 9.77. The molecule has 2 aromatic carbocycles. The molecule has 12 heteroatoms. The van der Waals surface area contributed by atoms with Crippen LogP contribution in [0.2, 0.25) is 0 Å². The second kappa shape index (κ2) is 17.2. The highest BCUT2D eigenvalue weighted by Gasteiger charge is 2.50. The summed E-state index contributed by atoms with van der Waals surface area (Å²) < 4.78 is 6.02. The van der Waals surface area contributed by atoms with Crippen molar-refractivity contribution in [3.63, 3.8) is 0 Å². The highest BCUT2D eigenvalue weighted by molar-refractivity contribution is 5.97. The van der Waals surface area contributed by atoms with Crippen molar-refractivity contribution in [1.82, 2.24) is 20.6 Å². The van der Waals surface area contributed by atoms with Crippen molar-refractivity contribution in [2.24, 2.45) is 17.8 Å². The summed E-state index contributed by atoms with van der Waals surface area (Å²) in [6.45, 7) is 7.70. The third-order valence-corrected chi connectivity index (χ3v) is 11.1. The number of likely N-dealkylation sites (tertiary alicyclic amines) is 1. The minimum Gasteiger partial charge on any atom is -0.496 e. The Morgan fingerprint density at radius 3 is 2.59 bits per heavy atom. The molecule has 12 nitrogen and oxygen atoms in total. The summed E-state index contributed by atoms with van der Waals surface area (Å²) in [5, 5.41) is 29.0. The number of methoxy groups -OCH3 is 1. The van der Waals surface area contributed by atoms with Crippen LogP contribution in [0.25, 0.3) is 11.1 Å². The summed E-state index contributed by atoms with van der Waals surface area (Å²) >= 11 is 0. The van der Waals surface area contributed by atoms with E-state index in [4.69, 9.17) is 9.57 Å². The second-order valence-corrected chi connectivity index (χ2v) is 14.8. The van der Waals surface area contributed by atoms with Crippen LogP contribution in [0, 0.1) is 17.8 Å². The molecule has 3 fully saturated rings. The maximum absolute atomic E-state index is 14.0. The number of aliphatic hydroxyl groups is 2. The number of ether oxygens (including phenoxy) is 1. The van der Waals surface area contributed by atoms with Gasteiger partial charge in [0.25, 0.3) is 5.91 Å². The van der Waals surface area contributed by atoms with Gasteiger partial charge < -0.3 is 35.4 Å². The molecule has 0 aromatic heterocycles. The number of anilines is 1. The molecular weight excluding hydrogens is 650 g/mol. The molecule has 7 atom stereocenters. The number of hydroxylamine groups is 2. The quantitative estimate of drug-likeness (QED) is 0.217. The maximum Gasteiger partial charge on any atom is 0.251 e. The van der Waals surface area contributed by atoms with Crippen LogP contribution in [0.3, 0.4) is 0 Å². The van der Waals surface area contributed by atoms with E-state index in [2.05, 4.69) is 24.5 Å². The van der Waals surface area contributed by atoms with Crippen molar-refractivity contribution in [3.8, 4) is 16.9 Å². The zero-order valence-corrected chi connectivity index (χ0v) is 31.1.